The van der Waals surface area contributed by atoms with Gasteiger partial charge in [0.15, 0.2) is 5.82 Å². The molecule has 0 amide bonds. The third-order valence-corrected chi connectivity index (χ3v) is 7.58. The van der Waals surface area contributed by atoms with Crippen LogP contribution in [0.1, 0.15) is 25.7 Å². The van der Waals surface area contributed by atoms with E-state index >= 15 is 0 Å². The van der Waals surface area contributed by atoms with Crippen LogP contribution in [0.25, 0.3) is 10.9 Å². The molecule has 32 heavy (non-hydrogen) atoms. The number of benzene rings is 2. The molecule has 0 bridgehead atoms. The summed E-state index contributed by atoms with van der Waals surface area (Å²) in [6, 6.07) is 14.0. The number of nitrogens with zero attached hydrogens (tertiary/aromatic N) is 2. The van der Waals surface area contributed by atoms with Crippen molar-refractivity contribution in [1.29, 1.82) is 0 Å². The van der Waals surface area contributed by atoms with Gasteiger partial charge in [0.05, 0.1) is 10.4 Å². The zero-order chi connectivity index (χ0) is 22.6. The Balaban J connectivity index is 1.27. The molecule has 0 saturated heterocycles. The molecule has 0 aliphatic heterocycles. The number of sulfonamides is 1. The van der Waals surface area contributed by atoms with Crippen LogP contribution in [-0.4, -0.2) is 31.5 Å². The predicted octanol–water partition coefficient (Wildman–Crippen LogP) is 3.77. The van der Waals surface area contributed by atoms with Crippen LogP contribution in [0, 0.1) is 11.8 Å². The molecule has 1 aliphatic rings. The summed E-state index contributed by atoms with van der Waals surface area (Å²) in [5.74, 6) is 7.57. The maximum atomic E-state index is 12.5. The highest BCUT2D eigenvalue weighted by Crippen LogP contribution is 2.29. The fraction of sp³-hybridized carbons (Fsp3) is 0.364. The van der Waals surface area contributed by atoms with E-state index in [0.717, 1.165) is 43.1 Å². The number of nitrogens with one attached hydrogen (secondary N) is 3. The normalized spacial score (nSPS) is 19.1. The Morgan fingerprint density at radius 3 is 2.41 bits per heavy atom. The van der Waals surface area contributed by atoms with Gasteiger partial charge in [0.25, 0.3) is 0 Å². The monoisotopic (exact) mass is 474 g/mol. The molecule has 170 valence electrons. The minimum atomic E-state index is -3.55. The van der Waals surface area contributed by atoms with Crippen molar-refractivity contribution in [1.82, 2.24) is 14.7 Å². The Morgan fingerprint density at radius 2 is 1.69 bits per heavy atom. The van der Waals surface area contributed by atoms with Gasteiger partial charge in [-0.15, -0.1) is 0 Å². The molecule has 0 unspecified atom stereocenters. The molecule has 0 radical (unpaired) electrons. The first-order chi connectivity index (χ1) is 15.4. The first-order valence-electron chi connectivity index (χ1n) is 10.7. The van der Waals surface area contributed by atoms with Crippen molar-refractivity contribution in [3.8, 4) is 0 Å². The van der Waals surface area contributed by atoms with E-state index in [1.807, 2.05) is 24.3 Å². The van der Waals surface area contributed by atoms with Crippen molar-refractivity contribution in [2.24, 2.45) is 17.7 Å². The number of aromatic nitrogens is 2. The molecule has 3 aromatic rings. The molecule has 5 N–H and O–H groups in total. The summed E-state index contributed by atoms with van der Waals surface area (Å²) in [6.07, 6.45) is 3.98. The number of nitrogens with two attached hydrogens (primary N) is 1. The zero-order valence-electron chi connectivity index (χ0n) is 17.6. The Morgan fingerprint density at radius 1 is 0.969 bits per heavy atom. The second kappa shape index (κ2) is 9.99. The smallest absolute Gasteiger partial charge is 0.240 e. The van der Waals surface area contributed by atoms with Gasteiger partial charge in [0, 0.05) is 23.5 Å². The number of fused-ring (bicyclic) bond motifs is 1. The van der Waals surface area contributed by atoms with Crippen molar-refractivity contribution in [3.05, 3.63) is 53.6 Å². The third kappa shape index (κ3) is 5.47. The summed E-state index contributed by atoms with van der Waals surface area (Å²) in [6.45, 7) is 1.21. The SMILES string of the molecule is NNc1nc(NC[C@H]2CC[C@H](CNS(=O)(=O)c3cccc(Cl)c3)CC2)nc2ccccc12. The number of para-hydroxylation sites is 1. The second-order valence-electron chi connectivity index (χ2n) is 8.13. The summed E-state index contributed by atoms with van der Waals surface area (Å²) in [7, 11) is -3.55. The number of nitrogen functional groups attached to an aromatic ring is 1. The maximum absolute atomic E-state index is 12.5. The lowest BCUT2D eigenvalue weighted by molar-refractivity contribution is 0.284. The highest BCUT2D eigenvalue weighted by Gasteiger charge is 2.23. The van der Waals surface area contributed by atoms with E-state index in [1.54, 1.807) is 18.2 Å². The first kappa shape index (κ1) is 22.7. The van der Waals surface area contributed by atoms with Gasteiger partial charge in [-0.1, -0.05) is 29.8 Å². The molecule has 1 fully saturated rings. The van der Waals surface area contributed by atoms with E-state index in [-0.39, 0.29) is 4.90 Å². The highest BCUT2D eigenvalue weighted by molar-refractivity contribution is 7.89. The number of hydrogen-bond acceptors (Lipinski definition) is 7. The van der Waals surface area contributed by atoms with Gasteiger partial charge >= 0.3 is 0 Å². The van der Waals surface area contributed by atoms with Crippen LogP contribution < -0.4 is 21.3 Å². The molecular formula is C22H27ClN6O2S. The van der Waals surface area contributed by atoms with Crippen LogP contribution in [0.4, 0.5) is 11.8 Å². The van der Waals surface area contributed by atoms with Gasteiger partial charge in [0.1, 0.15) is 0 Å². The second-order valence-corrected chi connectivity index (χ2v) is 10.3. The molecule has 1 aromatic heterocycles. The van der Waals surface area contributed by atoms with E-state index in [1.165, 1.54) is 6.07 Å². The van der Waals surface area contributed by atoms with Crippen molar-refractivity contribution in [2.45, 2.75) is 30.6 Å². The Labute approximate surface area is 193 Å². The van der Waals surface area contributed by atoms with Crippen LogP contribution in [0.3, 0.4) is 0 Å². The van der Waals surface area contributed by atoms with Crippen molar-refractivity contribution in [3.63, 3.8) is 0 Å². The Hall–Kier alpha value is -2.46. The first-order valence-corrected chi connectivity index (χ1v) is 12.5. The van der Waals surface area contributed by atoms with E-state index in [9.17, 15) is 8.42 Å². The van der Waals surface area contributed by atoms with Gasteiger partial charge in [-0.3, -0.25) is 0 Å². The molecule has 1 aliphatic carbocycles. The lowest BCUT2D eigenvalue weighted by Crippen LogP contribution is -2.32. The summed E-state index contributed by atoms with van der Waals surface area (Å²) in [4.78, 5) is 9.24. The molecular weight excluding hydrogens is 448 g/mol. The number of hydrogen-bond donors (Lipinski definition) is 4. The van der Waals surface area contributed by atoms with Gasteiger partial charge in [0.2, 0.25) is 16.0 Å². The fourth-order valence-corrected chi connectivity index (χ4v) is 5.50. The molecule has 2 aromatic carbocycles. The van der Waals surface area contributed by atoms with E-state index < -0.39 is 10.0 Å². The summed E-state index contributed by atoms with van der Waals surface area (Å²) in [5, 5.41) is 4.62. The lowest BCUT2D eigenvalue weighted by atomic mass is 9.82. The Kier molecular flexibility index (Phi) is 7.10. The van der Waals surface area contributed by atoms with Gasteiger partial charge in [-0.25, -0.2) is 24.0 Å². The van der Waals surface area contributed by atoms with Crippen LogP contribution in [0.2, 0.25) is 5.02 Å². The van der Waals surface area contributed by atoms with Crippen molar-refractivity contribution in [2.75, 3.05) is 23.8 Å². The number of rotatable bonds is 8. The summed E-state index contributed by atoms with van der Waals surface area (Å²) < 4.78 is 27.7. The maximum Gasteiger partial charge on any atom is 0.240 e. The number of halogens is 1. The average Bonchev–Trinajstić information content (AvgIpc) is 2.81. The van der Waals surface area contributed by atoms with Gasteiger partial charge < -0.3 is 10.7 Å². The van der Waals surface area contributed by atoms with E-state index in [0.29, 0.717) is 35.2 Å². The van der Waals surface area contributed by atoms with Gasteiger partial charge in [-0.05, 0) is 67.9 Å². The minimum absolute atomic E-state index is 0.199. The quantitative estimate of drug-likeness (QED) is 0.289. The van der Waals surface area contributed by atoms with Gasteiger partial charge in [-0.2, -0.15) is 4.98 Å². The third-order valence-electron chi connectivity index (χ3n) is 5.92. The fourth-order valence-electron chi connectivity index (χ4n) is 4.09. The van der Waals surface area contributed by atoms with Crippen molar-refractivity contribution >= 4 is 44.3 Å². The minimum Gasteiger partial charge on any atom is -0.354 e. The summed E-state index contributed by atoms with van der Waals surface area (Å²) in [5.41, 5.74) is 3.47. The molecule has 10 heteroatoms. The molecule has 1 heterocycles. The van der Waals surface area contributed by atoms with E-state index in [2.05, 4.69) is 25.4 Å². The molecule has 4 rings (SSSR count). The van der Waals surface area contributed by atoms with Crippen LogP contribution in [0.15, 0.2) is 53.4 Å². The molecule has 1 saturated carbocycles. The molecule has 0 atom stereocenters. The zero-order valence-corrected chi connectivity index (χ0v) is 19.2. The number of hydrazine groups is 1. The average molecular weight is 475 g/mol. The van der Waals surface area contributed by atoms with Crippen molar-refractivity contribution < 1.29 is 8.42 Å². The molecule has 0 spiro atoms. The predicted molar refractivity (Wildman–Crippen MR) is 128 cm³/mol. The standard InChI is InChI=1S/C22H27ClN6O2S/c23-17-4-3-5-18(12-17)32(30,31)26-14-16-10-8-15(9-11-16)13-25-22-27-20-7-2-1-6-19(20)21(28-22)29-24/h1-7,12,15-16,26H,8-11,13-14,24H2,(H2,25,27,28,29)/t15-,16-. The largest absolute Gasteiger partial charge is 0.354 e. The molecule has 8 nitrogen and oxygen atoms in total. The Bertz CT molecular complexity index is 1180. The topological polar surface area (TPSA) is 122 Å². The van der Waals surface area contributed by atoms with Crippen LogP contribution >= 0.6 is 11.6 Å². The van der Waals surface area contributed by atoms with Crippen LogP contribution in [-0.2, 0) is 10.0 Å². The highest BCUT2D eigenvalue weighted by atomic mass is 35.5. The summed E-state index contributed by atoms with van der Waals surface area (Å²) >= 11 is 5.92. The lowest BCUT2D eigenvalue weighted by Gasteiger charge is -2.28. The number of anilines is 2. The van der Waals surface area contributed by atoms with Crippen LogP contribution in [0.5, 0.6) is 0 Å². The van der Waals surface area contributed by atoms with E-state index in [4.69, 9.17) is 17.4 Å².